The van der Waals surface area contributed by atoms with Gasteiger partial charge < -0.3 is 4.74 Å². The summed E-state index contributed by atoms with van der Waals surface area (Å²) in [6, 6.07) is 1.84. The Labute approximate surface area is 84.9 Å². The fourth-order valence-electron chi connectivity index (χ4n) is 0.942. The fraction of sp³-hybridized carbons (Fsp3) is 0.375. The molecular weight excluding hydrogens is 202 g/mol. The highest BCUT2D eigenvalue weighted by atomic mass is 32.1. The number of hydrogen-bond acceptors (Lipinski definition) is 4. The van der Waals surface area contributed by atoms with Crippen LogP contribution in [0.3, 0.4) is 0 Å². The zero-order valence-electron chi connectivity index (χ0n) is 7.64. The van der Waals surface area contributed by atoms with Crippen LogP contribution in [-0.4, -0.2) is 13.1 Å². The summed E-state index contributed by atoms with van der Waals surface area (Å²) < 4.78 is 4.53. The predicted octanol–water partition coefficient (Wildman–Crippen LogP) is 2.27. The van der Waals surface area contributed by atoms with E-state index in [0.717, 1.165) is 10.4 Å². The number of carbonyl (C=O) groups excluding carboxylic acids is 1. The Hall–Kier alpha value is -1.52. The lowest BCUT2D eigenvalue weighted by molar-refractivity contribution is -0.139. The van der Waals surface area contributed by atoms with Gasteiger partial charge in [0.05, 0.1) is 20.1 Å². The van der Waals surface area contributed by atoms with Crippen molar-refractivity contribution in [2.24, 2.45) is 5.11 Å². The molecule has 1 heterocycles. The third kappa shape index (κ3) is 3.08. The van der Waals surface area contributed by atoms with Gasteiger partial charge in [0.15, 0.2) is 0 Å². The summed E-state index contributed by atoms with van der Waals surface area (Å²) in [7, 11) is 1.36. The number of carbonyl (C=O) groups is 1. The summed E-state index contributed by atoms with van der Waals surface area (Å²) in [6.45, 7) is 0.336. The number of esters is 1. The van der Waals surface area contributed by atoms with E-state index >= 15 is 0 Å². The summed E-state index contributed by atoms with van der Waals surface area (Å²) in [5.74, 6) is -0.266. The smallest absolute Gasteiger partial charge is 0.310 e. The van der Waals surface area contributed by atoms with E-state index in [-0.39, 0.29) is 12.4 Å². The van der Waals surface area contributed by atoms with E-state index in [4.69, 9.17) is 5.53 Å². The number of thiophene rings is 1. The molecule has 0 radical (unpaired) electrons. The Bertz CT molecular complexity index is 368. The highest BCUT2D eigenvalue weighted by molar-refractivity contribution is 7.10. The molecule has 0 aromatic carbocycles. The highest BCUT2D eigenvalue weighted by Gasteiger charge is 2.04. The van der Waals surface area contributed by atoms with Crippen molar-refractivity contribution >= 4 is 17.3 Å². The molecule has 0 atom stereocenters. The average molecular weight is 211 g/mol. The number of methoxy groups -OCH3 is 1. The Balaban J connectivity index is 2.58. The summed E-state index contributed by atoms with van der Waals surface area (Å²) in [4.78, 5) is 14.5. The molecule has 0 aliphatic heterocycles. The molecule has 0 spiro atoms. The number of azide groups is 1. The fourth-order valence-corrected chi connectivity index (χ4v) is 1.75. The van der Waals surface area contributed by atoms with Crippen molar-refractivity contribution in [2.45, 2.75) is 13.0 Å². The topological polar surface area (TPSA) is 75.1 Å². The Kier molecular flexibility index (Phi) is 3.97. The number of rotatable bonds is 4. The van der Waals surface area contributed by atoms with Crippen LogP contribution in [0.2, 0.25) is 0 Å². The molecule has 1 aromatic heterocycles. The minimum atomic E-state index is -0.266. The van der Waals surface area contributed by atoms with E-state index in [2.05, 4.69) is 14.8 Å². The van der Waals surface area contributed by atoms with Crippen molar-refractivity contribution in [2.75, 3.05) is 7.11 Å². The van der Waals surface area contributed by atoms with E-state index in [1.807, 2.05) is 11.4 Å². The second-order valence-electron chi connectivity index (χ2n) is 2.56. The van der Waals surface area contributed by atoms with Crippen LogP contribution in [0.5, 0.6) is 0 Å². The van der Waals surface area contributed by atoms with Gasteiger partial charge in [0.1, 0.15) is 0 Å². The van der Waals surface area contributed by atoms with Gasteiger partial charge in [0.2, 0.25) is 0 Å². The quantitative estimate of drug-likeness (QED) is 0.331. The summed E-state index contributed by atoms with van der Waals surface area (Å²) in [5, 5.41) is 5.29. The number of hydrogen-bond donors (Lipinski definition) is 0. The highest BCUT2D eigenvalue weighted by Crippen LogP contribution is 2.16. The molecule has 74 valence electrons. The second-order valence-corrected chi connectivity index (χ2v) is 3.56. The first kappa shape index (κ1) is 10.6. The van der Waals surface area contributed by atoms with E-state index < -0.39 is 0 Å². The zero-order chi connectivity index (χ0) is 10.4. The summed E-state index contributed by atoms with van der Waals surface area (Å²) >= 11 is 1.47. The molecule has 0 saturated carbocycles. The molecule has 0 saturated heterocycles. The third-order valence-corrected chi connectivity index (χ3v) is 2.54. The van der Waals surface area contributed by atoms with E-state index in [9.17, 15) is 4.79 Å². The van der Waals surface area contributed by atoms with Gasteiger partial charge in [-0.1, -0.05) is 5.11 Å². The van der Waals surface area contributed by atoms with E-state index in [1.165, 1.54) is 18.4 Å². The lowest BCUT2D eigenvalue weighted by Gasteiger charge is -1.94. The summed E-state index contributed by atoms with van der Waals surface area (Å²) in [6.07, 6.45) is 0.267. The lowest BCUT2D eigenvalue weighted by atomic mass is 10.2. The van der Waals surface area contributed by atoms with Gasteiger partial charge in [-0.25, -0.2) is 0 Å². The van der Waals surface area contributed by atoms with Crippen molar-refractivity contribution in [1.82, 2.24) is 0 Å². The maximum atomic E-state index is 10.9. The van der Waals surface area contributed by atoms with Crippen molar-refractivity contribution < 1.29 is 9.53 Å². The SMILES string of the molecule is COC(=O)Cc1csc(CN=[N+]=[N-])c1. The second kappa shape index (κ2) is 5.26. The molecule has 1 aromatic rings. The number of nitrogens with zero attached hydrogens (tertiary/aromatic N) is 3. The number of ether oxygens (including phenoxy) is 1. The Morgan fingerprint density at radius 2 is 2.57 bits per heavy atom. The molecule has 0 fully saturated rings. The van der Waals surface area contributed by atoms with Gasteiger partial charge in [0.25, 0.3) is 0 Å². The van der Waals surface area contributed by atoms with Crippen LogP contribution in [0.25, 0.3) is 10.4 Å². The molecule has 0 aliphatic carbocycles. The molecule has 0 N–H and O–H groups in total. The molecule has 0 unspecified atom stereocenters. The molecule has 0 amide bonds. The zero-order valence-corrected chi connectivity index (χ0v) is 8.45. The standard InChI is InChI=1S/C8H9N3O2S/c1-13-8(12)3-6-2-7(14-5-6)4-10-11-9/h2,5H,3-4H2,1H3. The molecule has 14 heavy (non-hydrogen) atoms. The molecule has 5 nitrogen and oxygen atoms in total. The molecule has 0 aliphatic rings. The predicted molar refractivity (Wildman–Crippen MR) is 52.9 cm³/mol. The molecule has 1 rings (SSSR count). The van der Waals surface area contributed by atoms with Crippen LogP contribution in [0, 0.1) is 0 Å². The normalized spacial score (nSPS) is 9.21. The van der Waals surface area contributed by atoms with Gasteiger partial charge in [0, 0.05) is 9.79 Å². The maximum absolute atomic E-state index is 10.9. The van der Waals surface area contributed by atoms with Crippen molar-refractivity contribution in [3.8, 4) is 0 Å². The summed E-state index contributed by atoms with van der Waals surface area (Å²) in [5.41, 5.74) is 9.00. The van der Waals surface area contributed by atoms with Crippen LogP contribution in [0.4, 0.5) is 0 Å². The largest absolute Gasteiger partial charge is 0.469 e. The van der Waals surface area contributed by atoms with Crippen LogP contribution in [0.1, 0.15) is 10.4 Å². The van der Waals surface area contributed by atoms with Gasteiger partial charge in [-0.05, 0) is 22.5 Å². The minimum Gasteiger partial charge on any atom is -0.469 e. The maximum Gasteiger partial charge on any atom is 0.310 e. The molecule has 6 heteroatoms. The molecular formula is C8H9N3O2S. The third-order valence-electron chi connectivity index (χ3n) is 1.57. The van der Waals surface area contributed by atoms with E-state index in [0.29, 0.717) is 6.54 Å². The van der Waals surface area contributed by atoms with Crippen LogP contribution >= 0.6 is 11.3 Å². The van der Waals surface area contributed by atoms with Gasteiger partial charge >= 0.3 is 5.97 Å². The van der Waals surface area contributed by atoms with Crippen molar-refractivity contribution in [1.29, 1.82) is 0 Å². The van der Waals surface area contributed by atoms with Gasteiger partial charge in [-0.2, -0.15) is 0 Å². The lowest BCUT2D eigenvalue weighted by Crippen LogP contribution is -2.03. The van der Waals surface area contributed by atoms with Crippen molar-refractivity contribution in [3.63, 3.8) is 0 Å². The van der Waals surface area contributed by atoms with E-state index in [1.54, 1.807) is 0 Å². The molecule has 0 bridgehead atoms. The van der Waals surface area contributed by atoms with Crippen LogP contribution < -0.4 is 0 Å². The minimum absolute atomic E-state index is 0.266. The van der Waals surface area contributed by atoms with Gasteiger partial charge in [-0.15, -0.1) is 11.3 Å². The van der Waals surface area contributed by atoms with Crippen LogP contribution in [-0.2, 0) is 22.5 Å². The first-order valence-corrected chi connectivity index (χ1v) is 4.78. The van der Waals surface area contributed by atoms with Gasteiger partial charge in [-0.3, -0.25) is 4.79 Å². The van der Waals surface area contributed by atoms with Crippen molar-refractivity contribution in [3.05, 3.63) is 32.3 Å². The Morgan fingerprint density at radius 3 is 3.21 bits per heavy atom. The Morgan fingerprint density at radius 1 is 1.79 bits per heavy atom. The first-order valence-electron chi connectivity index (χ1n) is 3.90. The monoisotopic (exact) mass is 211 g/mol. The van der Waals surface area contributed by atoms with Crippen LogP contribution in [0.15, 0.2) is 16.6 Å². The average Bonchev–Trinajstić information content (AvgIpc) is 2.62. The first-order chi connectivity index (χ1) is 6.76.